The predicted molar refractivity (Wildman–Crippen MR) is 73.7 cm³/mol. The number of carbonyl (C=O) groups excluding carboxylic acids is 2. The molecule has 1 heterocycles. The summed E-state index contributed by atoms with van der Waals surface area (Å²) in [6.07, 6.45) is 0.601. The van der Waals surface area contributed by atoms with Crippen LogP contribution in [0.2, 0.25) is 0 Å². The highest BCUT2D eigenvalue weighted by atomic mass is 16.6. The molecule has 0 bridgehead atoms. The Morgan fingerprint density at radius 2 is 1.60 bits per heavy atom. The minimum absolute atomic E-state index is 0.00787. The van der Waals surface area contributed by atoms with Crippen molar-refractivity contribution >= 4 is 17.9 Å². The standard InChI is InChI=1S/C14H21NO5/c1-13(2,3)19-11(16)9-7-8-18-10(9)15-12(17)20-14(4,5)6/h7-8H,1-6H3,(H,15,17). The van der Waals surface area contributed by atoms with E-state index in [1.54, 1.807) is 41.5 Å². The number of rotatable bonds is 2. The van der Waals surface area contributed by atoms with Gasteiger partial charge in [0.2, 0.25) is 5.88 Å². The molecule has 112 valence electrons. The summed E-state index contributed by atoms with van der Waals surface area (Å²) in [7, 11) is 0. The molecule has 0 aliphatic rings. The number of esters is 1. The number of furan rings is 1. The van der Waals surface area contributed by atoms with Gasteiger partial charge in [-0.15, -0.1) is 0 Å². The first-order valence-electron chi connectivity index (χ1n) is 6.29. The van der Waals surface area contributed by atoms with Gasteiger partial charge in [-0.25, -0.2) is 9.59 Å². The molecule has 1 aromatic rings. The van der Waals surface area contributed by atoms with Crippen LogP contribution in [0, 0.1) is 0 Å². The summed E-state index contributed by atoms with van der Waals surface area (Å²) in [4.78, 5) is 23.6. The molecule has 20 heavy (non-hydrogen) atoms. The quantitative estimate of drug-likeness (QED) is 0.839. The van der Waals surface area contributed by atoms with E-state index in [2.05, 4.69) is 5.32 Å². The molecule has 6 heteroatoms. The third kappa shape index (κ3) is 5.34. The summed E-state index contributed by atoms with van der Waals surface area (Å²) >= 11 is 0. The summed E-state index contributed by atoms with van der Waals surface area (Å²) in [6.45, 7) is 10.5. The van der Waals surface area contributed by atoms with Crippen LogP contribution < -0.4 is 5.32 Å². The number of anilines is 1. The molecule has 1 N–H and O–H groups in total. The highest BCUT2D eigenvalue weighted by Gasteiger charge is 2.24. The summed E-state index contributed by atoms with van der Waals surface area (Å²) in [5.74, 6) is -0.564. The van der Waals surface area contributed by atoms with Crippen molar-refractivity contribution in [3.05, 3.63) is 17.9 Å². The van der Waals surface area contributed by atoms with E-state index >= 15 is 0 Å². The van der Waals surface area contributed by atoms with Crippen molar-refractivity contribution in [3.63, 3.8) is 0 Å². The van der Waals surface area contributed by atoms with Gasteiger partial charge in [0.25, 0.3) is 0 Å². The second-order valence-corrected chi connectivity index (χ2v) is 6.29. The monoisotopic (exact) mass is 283 g/mol. The third-order valence-electron chi connectivity index (χ3n) is 1.90. The van der Waals surface area contributed by atoms with E-state index in [9.17, 15) is 9.59 Å². The van der Waals surface area contributed by atoms with Gasteiger partial charge in [0.15, 0.2) is 0 Å². The molecule has 0 aliphatic carbocycles. The summed E-state index contributed by atoms with van der Waals surface area (Å²) in [5, 5.41) is 2.39. The molecule has 0 aliphatic heterocycles. The number of ether oxygens (including phenoxy) is 2. The van der Waals surface area contributed by atoms with Crippen molar-refractivity contribution in [2.75, 3.05) is 5.32 Å². The predicted octanol–water partition coefficient (Wildman–Crippen LogP) is 3.58. The van der Waals surface area contributed by atoms with Crippen molar-refractivity contribution in [2.45, 2.75) is 52.7 Å². The molecule has 0 radical (unpaired) electrons. The average molecular weight is 283 g/mol. The molecule has 0 aromatic carbocycles. The zero-order valence-electron chi connectivity index (χ0n) is 12.7. The molecule has 0 saturated heterocycles. The van der Waals surface area contributed by atoms with Gasteiger partial charge >= 0.3 is 12.1 Å². The van der Waals surface area contributed by atoms with Crippen LogP contribution in [0.4, 0.5) is 10.7 Å². The minimum atomic E-state index is -0.697. The van der Waals surface area contributed by atoms with E-state index in [0.29, 0.717) is 0 Å². The molecule has 0 saturated carbocycles. The van der Waals surface area contributed by atoms with Gasteiger partial charge in [0.1, 0.15) is 16.8 Å². The Morgan fingerprint density at radius 3 is 2.10 bits per heavy atom. The second kappa shape index (κ2) is 5.56. The molecule has 0 spiro atoms. The Bertz CT molecular complexity index is 490. The first-order valence-corrected chi connectivity index (χ1v) is 6.29. The maximum absolute atomic E-state index is 11.9. The molecule has 1 rings (SSSR count). The van der Waals surface area contributed by atoms with E-state index in [-0.39, 0.29) is 11.4 Å². The van der Waals surface area contributed by atoms with E-state index in [1.807, 2.05) is 0 Å². The van der Waals surface area contributed by atoms with E-state index in [4.69, 9.17) is 13.9 Å². The fourth-order valence-corrected chi connectivity index (χ4v) is 1.30. The van der Waals surface area contributed by atoms with Crippen molar-refractivity contribution in [3.8, 4) is 0 Å². The summed E-state index contributed by atoms with van der Waals surface area (Å²) in [5.41, 5.74) is -1.12. The molecule has 1 amide bonds. The molecular weight excluding hydrogens is 262 g/mol. The van der Waals surface area contributed by atoms with Crippen molar-refractivity contribution in [1.82, 2.24) is 0 Å². The van der Waals surface area contributed by atoms with E-state index in [1.165, 1.54) is 12.3 Å². The lowest BCUT2D eigenvalue weighted by Crippen LogP contribution is -2.28. The van der Waals surface area contributed by atoms with Gasteiger partial charge in [-0.3, -0.25) is 5.32 Å². The molecule has 0 unspecified atom stereocenters. The van der Waals surface area contributed by atoms with Gasteiger partial charge in [-0.05, 0) is 47.6 Å². The fraction of sp³-hybridized carbons (Fsp3) is 0.571. The lowest BCUT2D eigenvalue weighted by Gasteiger charge is -2.20. The first kappa shape index (κ1) is 16.1. The Morgan fingerprint density at radius 1 is 1.05 bits per heavy atom. The van der Waals surface area contributed by atoms with Gasteiger partial charge in [0, 0.05) is 0 Å². The second-order valence-electron chi connectivity index (χ2n) is 6.29. The Kier molecular flexibility index (Phi) is 4.47. The zero-order valence-corrected chi connectivity index (χ0v) is 12.7. The number of nitrogens with one attached hydrogen (secondary N) is 1. The number of hydrogen-bond donors (Lipinski definition) is 1. The maximum Gasteiger partial charge on any atom is 0.414 e. The zero-order chi connectivity index (χ0) is 15.6. The van der Waals surface area contributed by atoms with Crippen LogP contribution in [0.3, 0.4) is 0 Å². The van der Waals surface area contributed by atoms with Crippen LogP contribution in [0.15, 0.2) is 16.7 Å². The lowest BCUT2D eigenvalue weighted by molar-refractivity contribution is 0.00704. The van der Waals surface area contributed by atoms with Crippen molar-refractivity contribution in [2.24, 2.45) is 0 Å². The van der Waals surface area contributed by atoms with Gasteiger partial charge < -0.3 is 13.9 Å². The highest BCUT2D eigenvalue weighted by molar-refractivity contribution is 5.98. The Labute approximate surface area is 118 Å². The van der Waals surface area contributed by atoms with Gasteiger partial charge in [0.05, 0.1) is 6.26 Å². The maximum atomic E-state index is 11.9. The first-order chi connectivity index (χ1) is 8.98. The Hall–Kier alpha value is -1.98. The average Bonchev–Trinajstić information content (AvgIpc) is 2.59. The fourth-order valence-electron chi connectivity index (χ4n) is 1.30. The smallest absolute Gasteiger partial charge is 0.414 e. The van der Waals surface area contributed by atoms with Crippen LogP contribution in [0.1, 0.15) is 51.9 Å². The molecule has 0 atom stereocenters. The number of hydrogen-bond acceptors (Lipinski definition) is 5. The van der Waals surface area contributed by atoms with Gasteiger partial charge in [-0.2, -0.15) is 0 Å². The molecule has 1 aromatic heterocycles. The SMILES string of the molecule is CC(C)(C)OC(=O)Nc1occc1C(=O)OC(C)(C)C. The molecular formula is C14H21NO5. The van der Waals surface area contributed by atoms with Crippen molar-refractivity contribution < 1.29 is 23.5 Å². The van der Waals surface area contributed by atoms with Crippen molar-refractivity contribution in [1.29, 1.82) is 0 Å². The molecule has 6 nitrogen and oxygen atoms in total. The summed E-state index contributed by atoms with van der Waals surface area (Å²) < 4.78 is 15.4. The normalized spacial score (nSPS) is 11.9. The minimum Gasteiger partial charge on any atom is -0.456 e. The van der Waals surface area contributed by atoms with Crippen LogP contribution in [-0.4, -0.2) is 23.3 Å². The summed E-state index contributed by atoms with van der Waals surface area (Å²) in [6, 6.07) is 1.43. The van der Waals surface area contributed by atoms with Crippen LogP contribution in [0.5, 0.6) is 0 Å². The van der Waals surface area contributed by atoms with Gasteiger partial charge in [-0.1, -0.05) is 0 Å². The molecule has 0 fully saturated rings. The van der Waals surface area contributed by atoms with E-state index < -0.39 is 23.3 Å². The van der Waals surface area contributed by atoms with Crippen LogP contribution in [0.25, 0.3) is 0 Å². The number of amides is 1. The Balaban J connectivity index is 2.77. The highest BCUT2D eigenvalue weighted by Crippen LogP contribution is 2.21. The van der Waals surface area contributed by atoms with E-state index in [0.717, 1.165) is 0 Å². The lowest BCUT2D eigenvalue weighted by atomic mass is 10.2. The topological polar surface area (TPSA) is 77.8 Å². The van der Waals surface area contributed by atoms with Crippen LogP contribution in [-0.2, 0) is 9.47 Å². The number of carbonyl (C=O) groups is 2. The third-order valence-corrected chi connectivity index (χ3v) is 1.90. The largest absolute Gasteiger partial charge is 0.456 e. The van der Waals surface area contributed by atoms with Crippen LogP contribution >= 0.6 is 0 Å².